The monoisotopic (exact) mass is 265 g/mol. The highest BCUT2D eigenvalue weighted by Crippen LogP contribution is 2.26. The zero-order valence-corrected chi connectivity index (χ0v) is 11.0. The maximum atomic E-state index is 6.12. The Hall–Kier alpha value is -1.52. The molecule has 0 saturated carbocycles. The molecule has 0 amide bonds. The molecule has 0 aliphatic carbocycles. The number of ether oxygens (including phenoxy) is 1. The molecule has 0 bridgehead atoms. The van der Waals surface area contributed by atoms with Gasteiger partial charge in [-0.15, -0.1) is 0 Å². The minimum Gasteiger partial charge on any atom is -0.486 e. The minimum absolute atomic E-state index is 0.454. The van der Waals surface area contributed by atoms with E-state index < -0.39 is 0 Å². The van der Waals surface area contributed by atoms with Crippen LogP contribution in [-0.4, -0.2) is 9.55 Å². The van der Waals surface area contributed by atoms with E-state index in [0.717, 1.165) is 17.8 Å². The second-order valence-corrected chi connectivity index (χ2v) is 4.34. The van der Waals surface area contributed by atoms with Crippen LogP contribution < -0.4 is 10.5 Å². The molecule has 1 heterocycles. The van der Waals surface area contributed by atoms with E-state index in [2.05, 4.69) is 11.9 Å². The smallest absolute Gasteiger partial charge is 0.138 e. The molecule has 18 heavy (non-hydrogen) atoms. The van der Waals surface area contributed by atoms with Gasteiger partial charge in [0.2, 0.25) is 0 Å². The Balaban J connectivity index is 2.06. The molecule has 0 fully saturated rings. The Morgan fingerprint density at radius 2 is 2.28 bits per heavy atom. The minimum atomic E-state index is 0.454. The molecule has 0 unspecified atom stereocenters. The molecule has 2 rings (SSSR count). The van der Waals surface area contributed by atoms with Crippen molar-refractivity contribution in [2.24, 2.45) is 5.73 Å². The topological polar surface area (TPSA) is 53.1 Å². The SMILES string of the molecule is CCn1cncc1COc1ccc(CN)cc1Cl. The van der Waals surface area contributed by atoms with E-state index in [1.807, 2.05) is 22.8 Å². The van der Waals surface area contributed by atoms with Gasteiger partial charge in [0, 0.05) is 13.1 Å². The first-order valence-corrected chi connectivity index (χ1v) is 6.22. The summed E-state index contributed by atoms with van der Waals surface area (Å²) in [5, 5.41) is 0.584. The van der Waals surface area contributed by atoms with Gasteiger partial charge in [-0.2, -0.15) is 0 Å². The summed E-state index contributed by atoms with van der Waals surface area (Å²) in [4.78, 5) is 4.09. The molecule has 4 nitrogen and oxygen atoms in total. The fourth-order valence-corrected chi connectivity index (χ4v) is 1.95. The summed E-state index contributed by atoms with van der Waals surface area (Å²) in [6.07, 6.45) is 3.59. The molecule has 2 aromatic rings. The highest BCUT2D eigenvalue weighted by Gasteiger charge is 2.05. The molecular formula is C13H16ClN3O. The molecule has 0 atom stereocenters. The second-order valence-electron chi connectivity index (χ2n) is 3.93. The number of rotatable bonds is 5. The number of aryl methyl sites for hydroxylation is 1. The zero-order valence-electron chi connectivity index (χ0n) is 10.3. The number of hydrogen-bond donors (Lipinski definition) is 1. The number of benzene rings is 1. The Morgan fingerprint density at radius 3 is 2.94 bits per heavy atom. The largest absolute Gasteiger partial charge is 0.486 e. The molecule has 1 aromatic heterocycles. The Kier molecular flexibility index (Phi) is 4.23. The number of halogens is 1. The molecule has 0 saturated heterocycles. The molecule has 0 radical (unpaired) electrons. The molecule has 0 aliphatic rings. The summed E-state index contributed by atoms with van der Waals surface area (Å²) < 4.78 is 7.72. The summed E-state index contributed by atoms with van der Waals surface area (Å²) in [5.41, 5.74) is 7.56. The van der Waals surface area contributed by atoms with Gasteiger partial charge in [0.05, 0.1) is 23.2 Å². The fraction of sp³-hybridized carbons (Fsp3) is 0.308. The van der Waals surface area contributed by atoms with E-state index in [1.165, 1.54) is 0 Å². The maximum Gasteiger partial charge on any atom is 0.138 e. The predicted molar refractivity (Wildman–Crippen MR) is 71.6 cm³/mol. The summed E-state index contributed by atoms with van der Waals surface area (Å²) >= 11 is 6.12. The molecule has 0 spiro atoms. The van der Waals surface area contributed by atoms with Crippen LogP contribution in [0.1, 0.15) is 18.2 Å². The number of imidazole rings is 1. The average molecular weight is 266 g/mol. The van der Waals surface area contributed by atoms with Crippen LogP contribution >= 0.6 is 11.6 Å². The Morgan fingerprint density at radius 1 is 1.44 bits per heavy atom. The van der Waals surface area contributed by atoms with Crippen molar-refractivity contribution in [1.29, 1.82) is 0 Å². The molecule has 1 aromatic carbocycles. The van der Waals surface area contributed by atoms with Crippen LogP contribution in [0, 0.1) is 0 Å². The molecule has 2 N–H and O–H groups in total. The summed E-state index contributed by atoms with van der Waals surface area (Å²) in [6, 6.07) is 5.59. The third-order valence-electron chi connectivity index (χ3n) is 2.75. The van der Waals surface area contributed by atoms with E-state index in [0.29, 0.717) is 23.9 Å². The van der Waals surface area contributed by atoms with Crippen LogP contribution in [0.2, 0.25) is 5.02 Å². The summed E-state index contributed by atoms with van der Waals surface area (Å²) in [5.74, 6) is 0.665. The van der Waals surface area contributed by atoms with Gasteiger partial charge >= 0.3 is 0 Å². The van der Waals surface area contributed by atoms with Crippen molar-refractivity contribution < 1.29 is 4.74 Å². The summed E-state index contributed by atoms with van der Waals surface area (Å²) in [6.45, 7) is 3.87. The van der Waals surface area contributed by atoms with Crippen LogP contribution in [-0.2, 0) is 19.7 Å². The van der Waals surface area contributed by atoms with Crippen LogP contribution in [0.5, 0.6) is 5.75 Å². The van der Waals surface area contributed by atoms with Gasteiger partial charge in [-0.05, 0) is 24.6 Å². The predicted octanol–water partition coefficient (Wildman–Crippen LogP) is 2.59. The van der Waals surface area contributed by atoms with E-state index in [4.69, 9.17) is 22.1 Å². The van der Waals surface area contributed by atoms with Gasteiger partial charge in [-0.1, -0.05) is 17.7 Å². The Labute approximate surface area is 111 Å². The van der Waals surface area contributed by atoms with Gasteiger partial charge in [-0.25, -0.2) is 4.98 Å². The van der Waals surface area contributed by atoms with Crippen molar-refractivity contribution >= 4 is 11.6 Å². The standard InChI is InChI=1S/C13H16ClN3O/c1-2-17-9-16-7-11(17)8-18-13-4-3-10(6-15)5-12(13)14/h3-5,7,9H,2,6,8,15H2,1H3. The van der Waals surface area contributed by atoms with Crippen LogP contribution in [0.15, 0.2) is 30.7 Å². The van der Waals surface area contributed by atoms with Crippen LogP contribution in [0.3, 0.4) is 0 Å². The lowest BCUT2D eigenvalue weighted by Gasteiger charge is -2.10. The van der Waals surface area contributed by atoms with Crippen molar-refractivity contribution in [2.75, 3.05) is 0 Å². The van der Waals surface area contributed by atoms with E-state index in [-0.39, 0.29) is 0 Å². The number of hydrogen-bond acceptors (Lipinski definition) is 3. The van der Waals surface area contributed by atoms with Gasteiger partial charge < -0.3 is 15.0 Å². The molecule has 96 valence electrons. The molecular weight excluding hydrogens is 250 g/mol. The van der Waals surface area contributed by atoms with E-state index >= 15 is 0 Å². The normalized spacial score (nSPS) is 10.6. The van der Waals surface area contributed by atoms with Crippen molar-refractivity contribution in [1.82, 2.24) is 9.55 Å². The van der Waals surface area contributed by atoms with Crippen molar-refractivity contribution in [3.05, 3.63) is 47.0 Å². The second kappa shape index (κ2) is 5.89. The van der Waals surface area contributed by atoms with Crippen molar-refractivity contribution in [3.8, 4) is 5.75 Å². The highest BCUT2D eigenvalue weighted by molar-refractivity contribution is 6.32. The highest BCUT2D eigenvalue weighted by atomic mass is 35.5. The lowest BCUT2D eigenvalue weighted by Crippen LogP contribution is -2.04. The average Bonchev–Trinajstić information content (AvgIpc) is 2.84. The zero-order chi connectivity index (χ0) is 13.0. The third-order valence-corrected chi connectivity index (χ3v) is 3.04. The van der Waals surface area contributed by atoms with E-state index in [9.17, 15) is 0 Å². The first-order valence-electron chi connectivity index (χ1n) is 5.85. The Bertz CT molecular complexity index is 525. The quantitative estimate of drug-likeness (QED) is 0.904. The summed E-state index contributed by atoms with van der Waals surface area (Å²) in [7, 11) is 0. The lowest BCUT2D eigenvalue weighted by molar-refractivity contribution is 0.295. The van der Waals surface area contributed by atoms with Gasteiger partial charge in [0.1, 0.15) is 12.4 Å². The van der Waals surface area contributed by atoms with E-state index in [1.54, 1.807) is 12.5 Å². The van der Waals surface area contributed by atoms with Gasteiger partial charge in [-0.3, -0.25) is 0 Å². The van der Waals surface area contributed by atoms with Crippen LogP contribution in [0.25, 0.3) is 0 Å². The molecule has 5 heteroatoms. The lowest BCUT2D eigenvalue weighted by atomic mass is 10.2. The first kappa shape index (κ1) is 12.9. The van der Waals surface area contributed by atoms with Crippen molar-refractivity contribution in [3.63, 3.8) is 0 Å². The van der Waals surface area contributed by atoms with Crippen LogP contribution in [0.4, 0.5) is 0 Å². The third kappa shape index (κ3) is 2.83. The number of aromatic nitrogens is 2. The van der Waals surface area contributed by atoms with Crippen molar-refractivity contribution in [2.45, 2.75) is 26.6 Å². The first-order chi connectivity index (χ1) is 8.74. The van der Waals surface area contributed by atoms with Gasteiger partial charge in [0.15, 0.2) is 0 Å². The van der Waals surface area contributed by atoms with Gasteiger partial charge in [0.25, 0.3) is 0 Å². The maximum absolute atomic E-state index is 6.12. The fourth-order valence-electron chi connectivity index (χ4n) is 1.69. The molecule has 0 aliphatic heterocycles. The number of nitrogens with two attached hydrogens (primary N) is 1. The number of nitrogens with zero attached hydrogens (tertiary/aromatic N) is 2.